The molecule has 5 aromatic rings. The van der Waals surface area contributed by atoms with E-state index < -0.39 is 0 Å². The van der Waals surface area contributed by atoms with Gasteiger partial charge >= 0.3 is 0 Å². The van der Waals surface area contributed by atoms with Crippen molar-refractivity contribution in [2.24, 2.45) is 7.05 Å². The Hall–Kier alpha value is -3.29. The first kappa shape index (κ1) is 20.6. The monoisotopic (exact) mass is 442 g/mol. The van der Waals surface area contributed by atoms with Crippen LogP contribution in [0.15, 0.2) is 67.0 Å². The summed E-state index contributed by atoms with van der Waals surface area (Å²) in [4.78, 5) is 6.44. The summed E-state index contributed by atoms with van der Waals surface area (Å²) in [5, 5.41) is 7.37. The van der Waals surface area contributed by atoms with Gasteiger partial charge in [-0.05, 0) is 62.1 Å². The summed E-state index contributed by atoms with van der Waals surface area (Å²) in [5.74, 6) is 0.824. The normalized spacial score (nSPS) is 11.8. The third kappa shape index (κ3) is 3.53. The van der Waals surface area contributed by atoms with Crippen LogP contribution in [0.2, 0.25) is 0 Å². The van der Waals surface area contributed by atoms with Crippen LogP contribution >= 0.6 is 12.2 Å². The number of benzene rings is 2. The van der Waals surface area contributed by atoms with Gasteiger partial charge in [-0.2, -0.15) is 5.10 Å². The fraction of sp³-hybridized carbons (Fsp3) is 0.240. The first-order valence-electron chi connectivity index (χ1n) is 10.8. The van der Waals surface area contributed by atoms with Crippen molar-refractivity contribution in [1.82, 2.24) is 28.8 Å². The number of aryl methyl sites for hydroxylation is 1. The van der Waals surface area contributed by atoms with Crippen molar-refractivity contribution >= 4 is 34.0 Å². The largest absolute Gasteiger partial charge is 0.341 e. The van der Waals surface area contributed by atoms with Gasteiger partial charge in [0.2, 0.25) is 0 Å². The Morgan fingerprint density at radius 3 is 2.59 bits per heavy atom. The first-order valence-corrected chi connectivity index (χ1v) is 11.2. The van der Waals surface area contributed by atoms with Gasteiger partial charge in [-0.1, -0.05) is 24.3 Å². The molecule has 0 saturated heterocycles. The highest BCUT2D eigenvalue weighted by atomic mass is 32.1. The highest BCUT2D eigenvalue weighted by Gasteiger charge is 2.13. The lowest BCUT2D eigenvalue weighted by Crippen LogP contribution is -2.22. The van der Waals surface area contributed by atoms with Crippen molar-refractivity contribution in [3.8, 4) is 11.4 Å². The predicted molar refractivity (Wildman–Crippen MR) is 132 cm³/mol. The Bertz CT molecular complexity index is 1460. The molecular weight excluding hydrogens is 416 g/mol. The van der Waals surface area contributed by atoms with Crippen LogP contribution in [0.25, 0.3) is 33.2 Å². The lowest BCUT2D eigenvalue weighted by Gasteiger charge is -2.16. The first-order chi connectivity index (χ1) is 15.6. The lowest BCUT2D eigenvalue weighted by atomic mass is 10.1. The molecule has 7 heteroatoms. The van der Waals surface area contributed by atoms with Gasteiger partial charge in [0.05, 0.1) is 6.67 Å². The minimum atomic E-state index is 0.613. The summed E-state index contributed by atoms with van der Waals surface area (Å²) >= 11 is 5.64. The molecule has 0 unspecified atom stereocenters. The molecule has 3 heterocycles. The molecule has 162 valence electrons. The molecule has 0 spiro atoms. The zero-order valence-corrected chi connectivity index (χ0v) is 19.4. The van der Waals surface area contributed by atoms with E-state index in [9.17, 15) is 0 Å². The Balaban J connectivity index is 1.42. The van der Waals surface area contributed by atoms with Crippen molar-refractivity contribution in [3.63, 3.8) is 0 Å². The number of hydrogen-bond donors (Lipinski definition) is 0. The van der Waals surface area contributed by atoms with E-state index in [4.69, 9.17) is 17.3 Å². The fourth-order valence-electron chi connectivity index (χ4n) is 4.46. The van der Waals surface area contributed by atoms with Crippen LogP contribution in [0.1, 0.15) is 12.5 Å². The van der Waals surface area contributed by atoms with E-state index in [1.165, 1.54) is 27.4 Å². The average molecular weight is 443 g/mol. The third-order valence-electron chi connectivity index (χ3n) is 5.94. The number of aromatic nitrogens is 5. The Labute approximate surface area is 192 Å². The van der Waals surface area contributed by atoms with Gasteiger partial charge in [0.1, 0.15) is 0 Å². The minimum absolute atomic E-state index is 0.613. The van der Waals surface area contributed by atoms with Gasteiger partial charge in [-0.3, -0.25) is 9.88 Å². The van der Waals surface area contributed by atoms with E-state index in [-0.39, 0.29) is 0 Å². The Morgan fingerprint density at radius 1 is 1.00 bits per heavy atom. The maximum atomic E-state index is 5.64. The number of hydrogen-bond acceptors (Lipinski definition) is 4. The van der Waals surface area contributed by atoms with Gasteiger partial charge in [-0.15, -0.1) is 0 Å². The molecule has 5 rings (SSSR count). The van der Waals surface area contributed by atoms with Crippen molar-refractivity contribution in [3.05, 3.63) is 77.3 Å². The van der Waals surface area contributed by atoms with Crippen molar-refractivity contribution in [2.45, 2.75) is 26.7 Å². The standard InChI is InChI=1S/C25H26N6S/c1-4-30-22-10-6-5-9-20(22)21-14-18(11-12-23(21)30)16-28(2)17-31-25(32)29(3)24(27-31)19-8-7-13-26-15-19/h5-15H,4,16-17H2,1-3H3. The number of pyridine rings is 1. The van der Waals surface area contributed by atoms with E-state index in [1.807, 2.05) is 34.6 Å². The summed E-state index contributed by atoms with van der Waals surface area (Å²) in [6.45, 7) is 4.58. The summed E-state index contributed by atoms with van der Waals surface area (Å²) in [7, 11) is 4.05. The number of rotatable bonds is 6. The summed E-state index contributed by atoms with van der Waals surface area (Å²) < 4.78 is 6.88. The Kier molecular flexibility index (Phi) is 5.36. The number of nitrogens with zero attached hydrogens (tertiary/aromatic N) is 6. The molecule has 0 bridgehead atoms. The van der Waals surface area contributed by atoms with Crippen LogP contribution in [0.3, 0.4) is 0 Å². The third-order valence-corrected chi connectivity index (χ3v) is 6.43. The predicted octanol–water partition coefficient (Wildman–Crippen LogP) is 5.23. The molecule has 0 aliphatic heterocycles. The second-order valence-corrected chi connectivity index (χ2v) is 8.54. The van der Waals surface area contributed by atoms with Crippen LogP contribution in [0.5, 0.6) is 0 Å². The molecule has 0 aliphatic carbocycles. The van der Waals surface area contributed by atoms with Crippen LogP contribution in [-0.4, -0.2) is 35.8 Å². The van der Waals surface area contributed by atoms with E-state index in [2.05, 4.69) is 70.9 Å². The zero-order valence-electron chi connectivity index (χ0n) is 18.6. The molecule has 0 fully saturated rings. The van der Waals surface area contributed by atoms with Crippen LogP contribution in [0, 0.1) is 4.77 Å². The fourth-order valence-corrected chi connectivity index (χ4v) is 4.64. The van der Waals surface area contributed by atoms with Gasteiger partial charge in [0.15, 0.2) is 10.6 Å². The molecular formula is C25H26N6S. The minimum Gasteiger partial charge on any atom is -0.341 e. The van der Waals surface area contributed by atoms with E-state index in [0.717, 1.165) is 24.5 Å². The topological polar surface area (TPSA) is 43.8 Å². The lowest BCUT2D eigenvalue weighted by molar-refractivity contribution is 0.244. The van der Waals surface area contributed by atoms with E-state index >= 15 is 0 Å². The zero-order chi connectivity index (χ0) is 22.2. The van der Waals surface area contributed by atoms with Crippen molar-refractivity contribution in [2.75, 3.05) is 7.05 Å². The molecule has 0 radical (unpaired) electrons. The van der Waals surface area contributed by atoms with Gasteiger partial charge in [-0.25, -0.2) is 4.68 Å². The molecule has 0 atom stereocenters. The molecule has 0 aliphatic rings. The second-order valence-electron chi connectivity index (χ2n) is 8.17. The van der Waals surface area contributed by atoms with Gasteiger partial charge in [0, 0.05) is 59.9 Å². The van der Waals surface area contributed by atoms with Crippen LogP contribution in [-0.2, 0) is 26.8 Å². The van der Waals surface area contributed by atoms with Gasteiger partial charge < -0.3 is 9.13 Å². The van der Waals surface area contributed by atoms with Crippen molar-refractivity contribution < 1.29 is 0 Å². The average Bonchev–Trinajstić information content (AvgIpc) is 3.28. The van der Waals surface area contributed by atoms with E-state index in [0.29, 0.717) is 11.4 Å². The maximum absolute atomic E-state index is 5.64. The summed E-state index contributed by atoms with van der Waals surface area (Å²) in [5.41, 5.74) is 4.81. The molecule has 2 aromatic carbocycles. The van der Waals surface area contributed by atoms with Crippen molar-refractivity contribution in [1.29, 1.82) is 0 Å². The summed E-state index contributed by atoms with van der Waals surface area (Å²) in [6, 6.07) is 19.3. The van der Waals surface area contributed by atoms with Gasteiger partial charge in [0.25, 0.3) is 0 Å². The van der Waals surface area contributed by atoms with Crippen LogP contribution < -0.4 is 0 Å². The highest BCUT2D eigenvalue weighted by molar-refractivity contribution is 7.71. The molecule has 0 N–H and O–H groups in total. The second kappa shape index (κ2) is 8.33. The smallest absolute Gasteiger partial charge is 0.199 e. The molecule has 3 aromatic heterocycles. The molecule has 0 saturated carbocycles. The van der Waals surface area contributed by atoms with E-state index in [1.54, 1.807) is 6.20 Å². The SMILES string of the molecule is CCn1c2ccccc2c2cc(CN(C)Cn3nc(-c4cccnc4)n(C)c3=S)ccc21. The molecule has 0 amide bonds. The summed E-state index contributed by atoms with van der Waals surface area (Å²) in [6.07, 6.45) is 3.57. The van der Waals surface area contributed by atoms with Crippen LogP contribution in [0.4, 0.5) is 0 Å². The Morgan fingerprint density at radius 2 is 1.81 bits per heavy atom. The molecule has 6 nitrogen and oxygen atoms in total. The number of para-hydroxylation sites is 1. The quantitative estimate of drug-likeness (QED) is 0.338. The molecule has 32 heavy (non-hydrogen) atoms. The number of fused-ring (bicyclic) bond motifs is 3. The highest BCUT2D eigenvalue weighted by Crippen LogP contribution is 2.30. The maximum Gasteiger partial charge on any atom is 0.199 e.